The summed E-state index contributed by atoms with van der Waals surface area (Å²) in [5.41, 5.74) is 3.43. The first-order chi connectivity index (χ1) is 9.86. The van der Waals surface area contributed by atoms with Crippen LogP contribution in [0.2, 0.25) is 15.1 Å². The van der Waals surface area contributed by atoms with Crippen LogP contribution in [0.3, 0.4) is 0 Å². The molecule has 21 heavy (non-hydrogen) atoms. The predicted octanol–water partition coefficient (Wildman–Crippen LogP) is 5.44. The summed E-state index contributed by atoms with van der Waals surface area (Å²) in [6.07, 6.45) is 0.209. The van der Waals surface area contributed by atoms with Crippen LogP contribution in [0.5, 0.6) is 0 Å². The van der Waals surface area contributed by atoms with Crippen molar-refractivity contribution in [2.24, 2.45) is 0 Å². The van der Waals surface area contributed by atoms with Crippen molar-refractivity contribution >= 4 is 46.4 Å². The van der Waals surface area contributed by atoms with Gasteiger partial charge in [0.1, 0.15) is 0 Å². The molecule has 2 aromatic rings. The van der Waals surface area contributed by atoms with E-state index in [0.29, 0.717) is 20.8 Å². The maximum Gasteiger partial charge on any atom is 0.228 e. The zero-order valence-electron chi connectivity index (χ0n) is 11.6. The number of anilines is 1. The van der Waals surface area contributed by atoms with E-state index in [1.807, 2.05) is 26.0 Å². The Morgan fingerprint density at radius 3 is 2.33 bits per heavy atom. The van der Waals surface area contributed by atoms with E-state index in [2.05, 4.69) is 5.32 Å². The highest BCUT2D eigenvalue weighted by atomic mass is 35.5. The Kier molecular flexibility index (Phi) is 5.15. The number of benzene rings is 2. The summed E-state index contributed by atoms with van der Waals surface area (Å²) in [6, 6.07) is 8.94. The summed E-state index contributed by atoms with van der Waals surface area (Å²) in [6.45, 7) is 3.87. The minimum absolute atomic E-state index is 0.151. The van der Waals surface area contributed by atoms with Crippen LogP contribution in [-0.2, 0) is 11.2 Å². The Morgan fingerprint density at radius 2 is 1.71 bits per heavy atom. The number of carbonyl (C=O) groups is 1. The highest BCUT2D eigenvalue weighted by molar-refractivity contribution is 6.42. The van der Waals surface area contributed by atoms with Crippen molar-refractivity contribution < 1.29 is 4.79 Å². The summed E-state index contributed by atoms with van der Waals surface area (Å²) in [4.78, 5) is 12.1. The quantitative estimate of drug-likeness (QED) is 0.790. The summed E-state index contributed by atoms with van der Waals surface area (Å²) in [7, 11) is 0. The van der Waals surface area contributed by atoms with Crippen LogP contribution < -0.4 is 5.32 Å². The van der Waals surface area contributed by atoms with Crippen LogP contribution in [0.4, 0.5) is 5.69 Å². The summed E-state index contributed by atoms with van der Waals surface area (Å²) < 4.78 is 0. The molecule has 0 bridgehead atoms. The Balaban J connectivity index is 2.13. The first-order valence-corrected chi connectivity index (χ1v) is 7.50. The van der Waals surface area contributed by atoms with Gasteiger partial charge in [0, 0.05) is 0 Å². The molecule has 0 fully saturated rings. The van der Waals surface area contributed by atoms with E-state index in [1.54, 1.807) is 18.2 Å². The van der Waals surface area contributed by atoms with E-state index in [-0.39, 0.29) is 12.3 Å². The summed E-state index contributed by atoms with van der Waals surface area (Å²) in [5, 5.41) is 4.29. The van der Waals surface area contributed by atoms with Crippen LogP contribution in [-0.4, -0.2) is 5.91 Å². The van der Waals surface area contributed by atoms with Gasteiger partial charge in [-0.3, -0.25) is 4.79 Å². The van der Waals surface area contributed by atoms with Gasteiger partial charge in [0.05, 0.1) is 27.2 Å². The lowest BCUT2D eigenvalue weighted by molar-refractivity contribution is -0.115. The van der Waals surface area contributed by atoms with Gasteiger partial charge in [-0.15, -0.1) is 0 Å². The highest BCUT2D eigenvalue weighted by Gasteiger charge is 2.11. The molecule has 0 unspecified atom stereocenters. The Hall–Kier alpha value is -1.22. The molecule has 2 rings (SSSR count). The number of hydrogen-bond acceptors (Lipinski definition) is 1. The minimum atomic E-state index is -0.151. The molecule has 0 radical (unpaired) electrons. The molecule has 2 aromatic carbocycles. The molecular formula is C16H14Cl3NO. The molecule has 0 aliphatic rings. The van der Waals surface area contributed by atoms with Crippen molar-refractivity contribution in [1.29, 1.82) is 0 Å². The van der Waals surface area contributed by atoms with Gasteiger partial charge in [0.15, 0.2) is 0 Å². The molecule has 1 amide bonds. The molecular weight excluding hydrogens is 329 g/mol. The fraction of sp³-hybridized carbons (Fsp3) is 0.188. The van der Waals surface area contributed by atoms with Crippen molar-refractivity contribution in [2.45, 2.75) is 20.3 Å². The maximum atomic E-state index is 12.1. The fourth-order valence-electron chi connectivity index (χ4n) is 2.09. The van der Waals surface area contributed by atoms with E-state index < -0.39 is 0 Å². The monoisotopic (exact) mass is 341 g/mol. The van der Waals surface area contributed by atoms with E-state index in [0.717, 1.165) is 16.7 Å². The lowest BCUT2D eigenvalue weighted by Gasteiger charge is -2.12. The zero-order chi connectivity index (χ0) is 15.6. The molecule has 5 heteroatoms. The van der Waals surface area contributed by atoms with Crippen molar-refractivity contribution in [1.82, 2.24) is 0 Å². The van der Waals surface area contributed by atoms with Crippen LogP contribution >= 0.6 is 34.8 Å². The smallest absolute Gasteiger partial charge is 0.228 e. The minimum Gasteiger partial charge on any atom is -0.324 e. The second-order valence-electron chi connectivity index (χ2n) is 4.91. The standard InChI is InChI=1S/C16H14Cl3NO/c1-9-5-10(2)16(14(19)6-9)20-15(21)8-11-3-4-12(17)13(18)7-11/h3-7H,8H2,1-2H3,(H,20,21). The maximum absolute atomic E-state index is 12.1. The molecule has 0 atom stereocenters. The number of hydrogen-bond donors (Lipinski definition) is 1. The second kappa shape index (κ2) is 6.69. The van der Waals surface area contributed by atoms with Gasteiger partial charge >= 0.3 is 0 Å². The average molecular weight is 343 g/mol. The lowest BCUT2D eigenvalue weighted by Crippen LogP contribution is -2.15. The van der Waals surface area contributed by atoms with E-state index in [4.69, 9.17) is 34.8 Å². The van der Waals surface area contributed by atoms with Gasteiger partial charge in [-0.05, 0) is 48.7 Å². The summed E-state index contributed by atoms with van der Waals surface area (Å²) in [5.74, 6) is -0.151. The largest absolute Gasteiger partial charge is 0.324 e. The van der Waals surface area contributed by atoms with Gasteiger partial charge in [-0.2, -0.15) is 0 Å². The highest BCUT2D eigenvalue weighted by Crippen LogP contribution is 2.28. The number of nitrogens with one attached hydrogen (secondary N) is 1. The topological polar surface area (TPSA) is 29.1 Å². The Labute approximate surface area is 139 Å². The van der Waals surface area contributed by atoms with Crippen LogP contribution in [0.25, 0.3) is 0 Å². The van der Waals surface area contributed by atoms with Crippen molar-refractivity contribution in [2.75, 3.05) is 5.32 Å². The number of rotatable bonds is 3. The SMILES string of the molecule is Cc1cc(C)c(NC(=O)Cc2ccc(Cl)c(Cl)c2)c(Cl)c1. The van der Waals surface area contributed by atoms with E-state index in [1.165, 1.54) is 0 Å². The zero-order valence-corrected chi connectivity index (χ0v) is 13.9. The number of amides is 1. The summed E-state index contributed by atoms with van der Waals surface area (Å²) >= 11 is 18.0. The molecule has 0 aromatic heterocycles. The second-order valence-corrected chi connectivity index (χ2v) is 6.13. The van der Waals surface area contributed by atoms with Gasteiger partial charge < -0.3 is 5.32 Å². The molecule has 0 aliphatic carbocycles. The molecule has 2 nitrogen and oxygen atoms in total. The van der Waals surface area contributed by atoms with Crippen molar-refractivity contribution in [3.63, 3.8) is 0 Å². The van der Waals surface area contributed by atoms with E-state index >= 15 is 0 Å². The third kappa shape index (κ3) is 4.13. The first kappa shape index (κ1) is 16.2. The van der Waals surface area contributed by atoms with Gasteiger partial charge in [0.2, 0.25) is 5.91 Å². The predicted molar refractivity (Wildman–Crippen MR) is 89.7 cm³/mol. The van der Waals surface area contributed by atoms with Gasteiger partial charge in [0.25, 0.3) is 0 Å². The van der Waals surface area contributed by atoms with Crippen LogP contribution in [0.1, 0.15) is 16.7 Å². The molecule has 0 spiro atoms. The number of halogens is 3. The molecule has 0 saturated heterocycles. The first-order valence-electron chi connectivity index (χ1n) is 6.37. The fourth-order valence-corrected chi connectivity index (χ4v) is 2.78. The molecule has 0 heterocycles. The van der Waals surface area contributed by atoms with E-state index in [9.17, 15) is 4.79 Å². The van der Waals surface area contributed by atoms with Crippen molar-refractivity contribution in [3.8, 4) is 0 Å². The Bertz CT molecular complexity index is 675. The third-order valence-corrected chi connectivity index (χ3v) is 4.08. The van der Waals surface area contributed by atoms with Crippen LogP contribution in [0, 0.1) is 13.8 Å². The molecule has 0 aliphatic heterocycles. The van der Waals surface area contributed by atoms with Crippen molar-refractivity contribution in [3.05, 3.63) is 62.1 Å². The third-order valence-electron chi connectivity index (χ3n) is 3.04. The number of carbonyl (C=O) groups excluding carboxylic acids is 1. The van der Waals surface area contributed by atoms with Gasteiger partial charge in [-0.25, -0.2) is 0 Å². The molecule has 0 saturated carbocycles. The molecule has 110 valence electrons. The van der Waals surface area contributed by atoms with Crippen LogP contribution in [0.15, 0.2) is 30.3 Å². The van der Waals surface area contributed by atoms with Gasteiger partial charge in [-0.1, -0.05) is 46.9 Å². The molecule has 1 N–H and O–H groups in total. The normalized spacial score (nSPS) is 10.5. The number of aryl methyl sites for hydroxylation is 2. The Morgan fingerprint density at radius 1 is 1.00 bits per heavy atom. The average Bonchev–Trinajstić information content (AvgIpc) is 2.38. The lowest BCUT2D eigenvalue weighted by atomic mass is 10.1.